The summed E-state index contributed by atoms with van der Waals surface area (Å²) >= 11 is 1.58. The highest BCUT2D eigenvalue weighted by Crippen LogP contribution is 2.25. The number of hydrogen-bond acceptors (Lipinski definition) is 5. The summed E-state index contributed by atoms with van der Waals surface area (Å²) in [5.41, 5.74) is 0.609. The SMILES string of the molecule is Cn1cc(C(=O)NCc2ccc(F)cc2)c(=O)c2cc(CN3CCOCC3)sc21. The topological polar surface area (TPSA) is 63.6 Å². The zero-order valence-electron chi connectivity index (χ0n) is 16.1. The number of ether oxygens (including phenoxy) is 1. The average molecular weight is 415 g/mol. The molecule has 29 heavy (non-hydrogen) atoms. The smallest absolute Gasteiger partial charge is 0.257 e. The van der Waals surface area contributed by atoms with E-state index in [0.29, 0.717) is 5.39 Å². The Labute approximate surface area is 171 Å². The van der Waals surface area contributed by atoms with Crippen LogP contribution in [0.25, 0.3) is 10.2 Å². The van der Waals surface area contributed by atoms with E-state index in [1.54, 1.807) is 29.7 Å². The van der Waals surface area contributed by atoms with Gasteiger partial charge in [-0.15, -0.1) is 11.3 Å². The van der Waals surface area contributed by atoms with E-state index < -0.39 is 5.91 Å². The number of rotatable bonds is 5. The molecule has 3 heterocycles. The molecule has 2 aromatic heterocycles. The second kappa shape index (κ2) is 8.44. The molecule has 6 nitrogen and oxygen atoms in total. The predicted molar refractivity (Wildman–Crippen MR) is 111 cm³/mol. The average Bonchev–Trinajstić information content (AvgIpc) is 3.15. The van der Waals surface area contributed by atoms with Crippen molar-refractivity contribution in [3.8, 4) is 0 Å². The summed E-state index contributed by atoms with van der Waals surface area (Å²) in [5, 5.41) is 3.31. The van der Waals surface area contributed by atoms with Crippen molar-refractivity contribution in [3.05, 3.63) is 68.6 Å². The lowest BCUT2D eigenvalue weighted by Gasteiger charge is -2.25. The summed E-state index contributed by atoms with van der Waals surface area (Å²) in [6.07, 6.45) is 1.58. The summed E-state index contributed by atoms with van der Waals surface area (Å²) in [4.78, 5) is 29.8. The zero-order valence-corrected chi connectivity index (χ0v) is 16.9. The molecule has 4 rings (SSSR count). The number of benzene rings is 1. The Hall–Kier alpha value is -2.55. The van der Waals surface area contributed by atoms with Crippen LogP contribution in [0.5, 0.6) is 0 Å². The van der Waals surface area contributed by atoms with Gasteiger partial charge in [-0.25, -0.2) is 4.39 Å². The molecule has 0 atom stereocenters. The fourth-order valence-corrected chi connectivity index (χ4v) is 4.54. The summed E-state index contributed by atoms with van der Waals surface area (Å²) in [5.74, 6) is -0.762. The van der Waals surface area contributed by atoms with E-state index in [2.05, 4.69) is 10.2 Å². The maximum absolute atomic E-state index is 13.0. The highest BCUT2D eigenvalue weighted by Gasteiger charge is 2.18. The number of amides is 1. The van der Waals surface area contributed by atoms with Crippen LogP contribution in [-0.2, 0) is 24.9 Å². The number of nitrogens with one attached hydrogen (secondary N) is 1. The van der Waals surface area contributed by atoms with Crippen molar-refractivity contribution in [1.82, 2.24) is 14.8 Å². The maximum atomic E-state index is 13.0. The quantitative estimate of drug-likeness (QED) is 0.696. The van der Waals surface area contributed by atoms with Crippen LogP contribution in [0.1, 0.15) is 20.8 Å². The van der Waals surface area contributed by atoms with Gasteiger partial charge >= 0.3 is 0 Å². The minimum absolute atomic E-state index is 0.109. The molecule has 152 valence electrons. The Morgan fingerprint density at radius 2 is 1.97 bits per heavy atom. The number of nitrogens with zero attached hydrogens (tertiary/aromatic N) is 2. The van der Waals surface area contributed by atoms with Crippen LogP contribution in [0.4, 0.5) is 4.39 Å². The van der Waals surface area contributed by atoms with Gasteiger partial charge in [0.05, 0.1) is 18.6 Å². The number of pyridine rings is 1. The van der Waals surface area contributed by atoms with E-state index in [4.69, 9.17) is 4.74 Å². The van der Waals surface area contributed by atoms with Gasteiger partial charge in [0.2, 0.25) is 5.43 Å². The molecule has 0 spiro atoms. The highest BCUT2D eigenvalue weighted by molar-refractivity contribution is 7.18. The first kappa shape index (κ1) is 19.8. The van der Waals surface area contributed by atoms with Crippen LogP contribution in [0.3, 0.4) is 0 Å². The standard InChI is InChI=1S/C21H22FN3O3S/c1-24-13-18(20(27)23-11-14-2-4-15(22)5-3-14)19(26)17-10-16(29-21(17)24)12-25-6-8-28-9-7-25/h2-5,10,13H,6-9,11-12H2,1H3,(H,23,27). The van der Waals surface area contributed by atoms with Gasteiger partial charge in [-0.3, -0.25) is 14.5 Å². The van der Waals surface area contributed by atoms with Gasteiger partial charge in [0.1, 0.15) is 16.2 Å². The largest absolute Gasteiger partial charge is 0.379 e. The first-order valence-corrected chi connectivity index (χ1v) is 10.3. The Balaban J connectivity index is 1.54. The number of aromatic nitrogens is 1. The Bertz CT molecular complexity index is 1080. The molecule has 0 unspecified atom stereocenters. The van der Waals surface area contributed by atoms with Crippen LogP contribution in [0.2, 0.25) is 0 Å². The monoisotopic (exact) mass is 415 g/mol. The van der Waals surface area contributed by atoms with Crippen molar-refractivity contribution in [2.24, 2.45) is 7.05 Å². The van der Waals surface area contributed by atoms with Gasteiger partial charge in [-0.1, -0.05) is 12.1 Å². The fraction of sp³-hybridized carbons (Fsp3) is 0.333. The van der Waals surface area contributed by atoms with Gasteiger partial charge in [0.25, 0.3) is 5.91 Å². The third-order valence-corrected chi connectivity index (χ3v) is 6.20. The van der Waals surface area contributed by atoms with Crippen LogP contribution >= 0.6 is 11.3 Å². The molecule has 0 bridgehead atoms. The van der Waals surface area contributed by atoms with E-state index in [1.165, 1.54) is 12.1 Å². The maximum Gasteiger partial charge on any atom is 0.257 e. The summed E-state index contributed by atoms with van der Waals surface area (Å²) in [6.45, 7) is 4.21. The van der Waals surface area contributed by atoms with E-state index in [1.807, 2.05) is 17.7 Å². The van der Waals surface area contributed by atoms with E-state index in [9.17, 15) is 14.0 Å². The van der Waals surface area contributed by atoms with E-state index >= 15 is 0 Å². The van der Waals surface area contributed by atoms with Crippen LogP contribution in [0, 0.1) is 5.82 Å². The summed E-state index contributed by atoms with van der Waals surface area (Å²) < 4.78 is 20.2. The Morgan fingerprint density at radius 3 is 2.69 bits per heavy atom. The van der Waals surface area contributed by atoms with E-state index in [0.717, 1.165) is 48.1 Å². The first-order valence-electron chi connectivity index (χ1n) is 9.46. The molecule has 0 aliphatic carbocycles. The van der Waals surface area contributed by atoms with Crippen LogP contribution < -0.4 is 10.7 Å². The third kappa shape index (κ3) is 4.39. The van der Waals surface area contributed by atoms with Crippen molar-refractivity contribution >= 4 is 27.5 Å². The second-order valence-electron chi connectivity index (χ2n) is 7.11. The number of thiophene rings is 1. The van der Waals surface area contributed by atoms with Crippen molar-refractivity contribution in [1.29, 1.82) is 0 Å². The van der Waals surface area contributed by atoms with Crippen LogP contribution in [-0.4, -0.2) is 41.7 Å². The van der Waals surface area contributed by atoms with Crippen molar-refractivity contribution in [2.45, 2.75) is 13.1 Å². The number of fused-ring (bicyclic) bond motifs is 1. The molecule has 3 aromatic rings. The number of carbonyl (C=O) groups excluding carboxylic acids is 1. The van der Waals surface area contributed by atoms with Gasteiger partial charge in [0, 0.05) is 44.3 Å². The van der Waals surface area contributed by atoms with Crippen LogP contribution in [0.15, 0.2) is 41.3 Å². The Kier molecular flexibility index (Phi) is 5.75. The zero-order chi connectivity index (χ0) is 20.4. The lowest BCUT2D eigenvalue weighted by atomic mass is 10.2. The van der Waals surface area contributed by atoms with Crippen molar-refractivity contribution in [2.75, 3.05) is 26.3 Å². The molecule has 1 aromatic carbocycles. The number of carbonyl (C=O) groups is 1. The molecule has 8 heteroatoms. The molecule has 1 fully saturated rings. The first-order chi connectivity index (χ1) is 14.0. The normalized spacial score (nSPS) is 15.0. The summed E-state index contributed by atoms with van der Waals surface area (Å²) in [6, 6.07) is 7.79. The number of hydrogen-bond donors (Lipinski definition) is 1. The summed E-state index contributed by atoms with van der Waals surface area (Å²) in [7, 11) is 1.84. The molecule has 0 radical (unpaired) electrons. The third-order valence-electron chi connectivity index (χ3n) is 4.99. The minimum atomic E-state index is -0.433. The van der Waals surface area contributed by atoms with E-state index in [-0.39, 0.29) is 23.4 Å². The number of aryl methyl sites for hydroxylation is 1. The van der Waals surface area contributed by atoms with Crippen molar-refractivity contribution < 1.29 is 13.9 Å². The Morgan fingerprint density at radius 1 is 1.24 bits per heavy atom. The van der Waals surface area contributed by atoms with Gasteiger partial charge in [-0.2, -0.15) is 0 Å². The highest BCUT2D eigenvalue weighted by atomic mass is 32.1. The van der Waals surface area contributed by atoms with Crippen molar-refractivity contribution in [3.63, 3.8) is 0 Å². The lowest BCUT2D eigenvalue weighted by molar-refractivity contribution is 0.0346. The van der Waals surface area contributed by atoms with Gasteiger partial charge < -0.3 is 14.6 Å². The number of halogens is 1. The predicted octanol–water partition coefficient (Wildman–Crippen LogP) is 2.50. The second-order valence-corrected chi connectivity index (χ2v) is 8.23. The lowest BCUT2D eigenvalue weighted by Crippen LogP contribution is -2.35. The molecule has 1 aliphatic heterocycles. The molecule has 1 saturated heterocycles. The minimum Gasteiger partial charge on any atom is -0.379 e. The van der Waals surface area contributed by atoms with Gasteiger partial charge in [-0.05, 0) is 23.8 Å². The number of morpholine rings is 1. The molecule has 1 aliphatic rings. The molecular formula is C21H22FN3O3S. The molecule has 1 N–H and O–H groups in total. The molecule has 1 amide bonds. The molecule has 0 saturated carbocycles. The fourth-order valence-electron chi connectivity index (χ4n) is 3.41. The molecular weight excluding hydrogens is 393 g/mol. The van der Waals surface area contributed by atoms with Gasteiger partial charge in [0.15, 0.2) is 0 Å².